The van der Waals surface area contributed by atoms with E-state index in [1.54, 1.807) is 0 Å². The van der Waals surface area contributed by atoms with Crippen LogP contribution >= 0.6 is 0 Å². The van der Waals surface area contributed by atoms with Gasteiger partial charge in [0.1, 0.15) is 0 Å². The number of rotatable bonds is 11. The van der Waals surface area contributed by atoms with Crippen LogP contribution in [-0.4, -0.2) is 8.32 Å². The van der Waals surface area contributed by atoms with Gasteiger partial charge < -0.3 is 4.43 Å². The van der Waals surface area contributed by atoms with Crippen molar-refractivity contribution in [2.24, 2.45) is 0 Å². The molecule has 0 saturated carbocycles. The first-order chi connectivity index (χ1) is 7.95. The van der Waals surface area contributed by atoms with Gasteiger partial charge in [-0.05, 0) is 26.1 Å². The highest BCUT2D eigenvalue weighted by Crippen LogP contribution is 2.16. The summed E-state index contributed by atoms with van der Waals surface area (Å²) in [7, 11) is -1.41. The Hall–Kier alpha value is -0.243. The molecule has 0 aromatic rings. The summed E-state index contributed by atoms with van der Waals surface area (Å²) in [6, 6.07) is 0. The molecule has 0 radical (unpaired) electrons. The smallest absolute Gasteiger partial charge is 0.241 e. The molecule has 0 amide bonds. The SMILES string of the molecule is C=C(CCCCCCCCCC)O[Si](C)(C)C. The topological polar surface area (TPSA) is 9.23 Å². The van der Waals surface area contributed by atoms with Gasteiger partial charge in [-0.2, -0.15) is 0 Å². The van der Waals surface area contributed by atoms with Crippen LogP contribution in [0.15, 0.2) is 12.3 Å². The maximum absolute atomic E-state index is 5.84. The highest BCUT2D eigenvalue weighted by Gasteiger charge is 2.16. The van der Waals surface area contributed by atoms with Crippen molar-refractivity contribution in [3.8, 4) is 0 Å². The summed E-state index contributed by atoms with van der Waals surface area (Å²) in [5.41, 5.74) is 0. The number of hydrogen-bond donors (Lipinski definition) is 0. The van der Waals surface area contributed by atoms with Crippen LogP contribution in [0.3, 0.4) is 0 Å². The van der Waals surface area contributed by atoms with Gasteiger partial charge in [0.25, 0.3) is 0 Å². The van der Waals surface area contributed by atoms with Crippen molar-refractivity contribution >= 4 is 8.32 Å². The molecule has 0 saturated heterocycles. The Morgan fingerprint density at radius 1 is 0.882 bits per heavy atom. The minimum Gasteiger partial charge on any atom is -0.548 e. The molecule has 102 valence electrons. The van der Waals surface area contributed by atoms with Crippen molar-refractivity contribution < 1.29 is 4.43 Å². The first-order valence-electron chi connectivity index (χ1n) is 7.32. The summed E-state index contributed by atoms with van der Waals surface area (Å²) >= 11 is 0. The third-order valence-corrected chi connectivity index (χ3v) is 3.66. The number of allylic oxidation sites excluding steroid dienone is 1. The summed E-state index contributed by atoms with van der Waals surface area (Å²) in [6.45, 7) is 12.9. The Morgan fingerprint density at radius 3 is 1.82 bits per heavy atom. The molecule has 0 fully saturated rings. The number of unbranched alkanes of at least 4 members (excludes halogenated alkanes) is 7. The van der Waals surface area contributed by atoms with Crippen molar-refractivity contribution in [1.29, 1.82) is 0 Å². The Morgan fingerprint density at radius 2 is 1.35 bits per heavy atom. The molecule has 1 nitrogen and oxygen atoms in total. The maximum atomic E-state index is 5.84. The molecular formula is C15H32OSi. The van der Waals surface area contributed by atoms with Gasteiger partial charge in [-0.25, -0.2) is 0 Å². The average Bonchev–Trinajstić information content (AvgIpc) is 2.19. The molecule has 0 aromatic heterocycles. The molecule has 0 aromatic carbocycles. The zero-order valence-corrected chi connectivity index (χ0v) is 13.5. The zero-order valence-electron chi connectivity index (χ0n) is 12.5. The van der Waals surface area contributed by atoms with Gasteiger partial charge in [-0.15, -0.1) is 0 Å². The summed E-state index contributed by atoms with van der Waals surface area (Å²) in [6.07, 6.45) is 12.0. The predicted octanol–water partition coefficient (Wildman–Crippen LogP) is 5.88. The molecule has 0 spiro atoms. The molecule has 17 heavy (non-hydrogen) atoms. The van der Waals surface area contributed by atoms with Crippen LogP contribution in [0.25, 0.3) is 0 Å². The summed E-state index contributed by atoms with van der Waals surface area (Å²) in [4.78, 5) is 0. The van der Waals surface area contributed by atoms with E-state index in [-0.39, 0.29) is 0 Å². The third-order valence-electron chi connectivity index (χ3n) is 2.76. The van der Waals surface area contributed by atoms with Crippen LogP contribution in [0.1, 0.15) is 64.7 Å². The first-order valence-corrected chi connectivity index (χ1v) is 10.7. The fourth-order valence-electron chi connectivity index (χ4n) is 1.94. The van der Waals surface area contributed by atoms with Gasteiger partial charge in [-0.1, -0.05) is 58.4 Å². The van der Waals surface area contributed by atoms with Crippen LogP contribution in [0, 0.1) is 0 Å². The fourth-order valence-corrected chi connectivity index (χ4v) is 2.91. The van der Waals surface area contributed by atoms with Gasteiger partial charge in [0.15, 0.2) is 0 Å². The lowest BCUT2D eigenvalue weighted by Crippen LogP contribution is -2.24. The lowest BCUT2D eigenvalue weighted by Gasteiger charge is -2.20. The summed E-state index contributed by atoms with van der Waals surface area (Å²) < 4.78 is 5.84. The van der Waals surface area contributed by atoms with E-state index >= 15 is 0 Å². The van der Waals surface area contributed by atoms with E-state index in [4.69, 9.17) is 4.43 Å². The summed E-state index contributed by atoms with van der Waals surface area (Å²) in [5, 5.41) is 0. The fraction of sp³-hybridized carbons (Fsp3) is 0.867. The lowest BCUT2D eigenvalue weighted by molar-refractivity contribution is 0.394. The molecule has 0 atom stereocenters. The van der Waals surface area contributed by atoms with Crippen LogP contribution in [0.5, 0.6) is 0 Å². The van der Waals surface area contributed by atoms with Crippen molar-refractivity contribution in [2.45, 2.75) is 84.4 Å². The van der Waals surface area contributed by atoms with Gasteiger partial charge in [-0.3, -0.25) is 0 Å². The van der Waals surface area contributed by atoms with Gasteiger partial charge in [0.05, 0.1) is 5.76 Å². The van der Waals surface area contributed by atoms with Crippen molar-refractivity contribution in [3.05, 3.63) is 12.3 Å². The molecule has 0 aliphatic rings. The molecule has 0 bridgehead atoms. The van der Waals surface area contributed by atoms with Crippen molar-refractivity contribution in [2.75, 3.05) is 0 Å². The largest absolute Gasteiger partial charge is 0.548 e. The summed E-state index contributed by atoms with van der Waals surface area (Å²) in [5.74, 6) is 1.01. The second-order valence-electron chi connectivity index (χ2n) is 5.98. The Balaban J connectivity index is 3.25. The van der Waals surface area contributed by atoms with E-state index in [0.717, 1.165) is 12.2 Å². The highest BCUT2D eigenvalue weighted by atomic mass is 28.4. The first kappa shape index (κ1) is 16.8. The molecule has 0 N–H and O–H groups in total. The van der Waals surface area contributed by atoms with E-state index in [2.05, 4.69) is 33.1 Å². The Kier molecular flexibility index (Phi) is 9.61. The Labute approximate surface area is 110 Å². The van der Waals surface area contributed by atoms with Crippen LogP contribution in [0.2, 0.25) is 19.6 Å². The zero-order chi connectivity index (χ0) is 13.1. The molecule has 0 unspecified atom stereocenters. The standard InChI is InChI=1S/C15H32OSi/c1-6-7-8-9-10-11-12-13-14-15(2)16-17(3,4)5/h2,6-14H2,1,3-5H3. The second-order valence-corrected chi connectivity index (χ2v) is 10.4. The van der Waals surface area contributed by atoms with E-state index in [9.17, 15) is 0 Å². The normalized spacial score (nSPS) is 11.5. The van der Waals surface area contributed by atoms with Gasteiger partial charge in [0, 0.05) is 6.42 Å². The van der Waals surface area contributed by atoms with Crippen LogP contribution < -0.4 is 0 Å². The molecule has 0 rings (SSSR count). The second kappa shape index (κ2) is 9.75. The minimum atomic E-state index is -1.41. The quantitative estimate of drug-likeness (QED) is 0.255. The van der Waals surface area contributed by atoms with E-state index < -0.39 is 8.32 Å². The highest BCUT2D eigenvalue weighted by molar-refractivity contribution is 6.70. The Bertz CT molecular complexity index is 194. The molecule has 0 heterocycles. The van der Waals surface area contributed by atoms with Gasteiger partial charge >= 0.3 is 0 Å². The minimum absolute atomic E-state index is 1.01. The maximum Gasteiger partial charge on any atom is 0.241 e. The predicted molar refractivity (Wildman–Crippen MR) is 80.8 cm³/mol. The lowest BCUT2D eigenvalue weighted by atomic mass is 10.1. The van der Waals surface area contributed by atoms with Gasteiger partial charge in [0.2, 0.25) is 8.32 Å². The molecule has 2 heteroatoms. The van der Waals surface area contributed by atoms with E-state index in [1.165, 1.54) is 51.4 Å². The monoisotopic (exact) mass is 256 g/mol. The van der Waals surface area contributed by atoms with E-state index in [0.29, 0.717) is 0 Å². The van der Waals surface area contributed by atoms with Crippen molar-refractivity contribution in [1.82, 2.24) is 0 Å². The molecular weight excluding hydrogens is 224 g/mol. The van der Waals surface area contributed by atoms with Crippen molar-refractivity contribution in [3.63, 3.8) is 0 Å². The number of hydrogen-bond acceptors (Lipinski definition) is 1. The average molecular weight is 257 g/mol. The third kappa shape index (κ3) is 13.7. The van der Waals surface area contributed by atoms with E-state index in [1.807, 2.05) is 0 Å². The van der Waals surface area contributed by atoms with Crippen LogP contribution in [-0.2, 0) is 4.43 Å². The van der Waals surface area contributed by atoms with Crippen LogP contribution in [0.4, 0.5) is 0 Å². The molecule has 0 aliphatic heterocycles. The molecule has 0 aliphatic carbocycles.